The van der Waals surface area contributed by atoms with Crippen molar-refractivity contribution in [3.8, 4) is 0 Å². The highest BCUT2D eigenvalue weighted by Crippen LogP contribution is 2.72. The third-order valence-corrected chi connectivity index (χ3v) is 4.79. The summed E-state index contributed by atoms with van der Waals surface area (Å²) >= 11 is 0. The molecule has 0 aliphatic heterocycles. The Bertz CT molecular complexity index is 859. The second-order valence-electron chi connectivity index (χ2n) is 6.02. The number of carbonyl (C=O) groups excluding carboxylic acids is 2. The first-order valence-corrected chi connectivity index (χ1v) is 7.62. The number of Topliss-reactive ketones (excluding diaryl/α,β-unsaturated/α-hetero) is 1. The van der Waals surface area contributed by atoms with Gasteiger partial charge in [-0.2, -0.15) is 0 Å². The lowest BCUT2D eigenvalue weighted by Crippen LogP contribution is -2.28. The third-order valence-electron chi connectivity index (χ3n) is 4.79. The maximum atomic E-state index is 12.5. The van der Waals surface area contributed by atoms with Crippen molar-refractivity contribution in [3.05, 3.63) is 57.5 Å². The van der Waals surface area contributed by atoms with Crippen molar-refractivity contribution < 1.29 is 23.8 Å². The Labute approximate surface area is 142 Å². The summed E-state index contributed by atoms with van der Waals surface area (Å²) in [6.45, 7) is 2.72. The van der Waals surface area contributed by atoms with Gasteiger partial charge in [0.25, 0.3) is 0 Å². The number of hydrogen-bond donors (Lipinski definition) is 0. The van der Waals surface area contributed by atoms with Crippen LogP contribution < -0.4 is 0 Å². The molecule has 8 heteroatoms. The summed E-state index contributed by atoms with van der Waals surface area (Å²) in [4.78, 5) is 35.8. The van der Waals surface area contributed by atoms with Gasteiger partial charge in [-0.15, -0.1) is 0 Å². The van der Waals surface area contributed by atoms with Crippen molar-refractivity contribution in [2.45, 2.75) is 25.7 Å². The van der Waals surface area contributed by atoms with Crippen LogP contribution in [0.4, 0.5) is 5.69 Å². The van der Waals surface area contributed by atoms with Gasteiger partial charge < -0.3 is 9.26 Å². The predicted octanol–water partition coefficient (Wildman–Crippen LogP) is 2.52. The lowest BCUT2D eigenvalue weighted by Gasteiger charge is -2.11. The Balaban J connectivity index is 2.21. The molecule has 0 unspecified atom stereocenters. The van der Waals surface area contributed by atoms with E-state index in [1.807, 2.05) is 0 Å². The number of carbonyl (C=O) groups is 2. The summed E-state index contributed by atoms with van der Waals surface area (Å²) in [5, 5.41) is 15.1. The first-order chi connectivity index (χ1) is 11.9. The number of benzene rings is 1. The van der Waals surface area contributed by atoms with Gasteiger partial charge in [-0.25, -0.2) is 0 Å². The summed E-state index contributed by atoms with van der Waals surface area (Å²) < 4.78 is 10.0. The average Bonchev–Trinajstić information content (AvgIpc) is 3.15. The maximum absolute atomic E-state index is 12.5. The molecule has 1 fully saturated rings. The Kier molecular flexibility index (Phi) is 3.90. The highest BCUT2D eigenvalue weighted by atomic mass is 16.6. The Morgan fingerprint density at radius 2 is 1.92 bits per heavy atom. The standard InChI is InChI=1S/C17H16N2O6/c1-9-14(19(22)23)15(25-18-9)13-12(11-7-5-4-6-8-11)17(13,10(2)20)16(21)24-3/h4-8,12-13H,1-3H3/t12-,13+,17-/m1/s1. The molecule has 1 aromatic heterocycles. The number of esters is 1. The zero-order valence-corrected chi connectivity index (χ0v) is 13.9. The summed E-state index contributed by atoms with van der Waals surface area (Å²) in [5.74, 6) is -2.67. The van der Waals surface area contributed by atoms with Crippen LogP contribution in [0, 0.1) is 22.5 Å². The van der Waals surface area contributed by atoms with Gasteiger partial charge in [-0.05, 0) is 19.4 Å². The summed E-state index contributed by atoms with van der Waals surface area (Å²) in [6, 6.07) is 8.87. The number of nitro groups is 1. The molecule has 0 spiro atoms. The Morgan fingerprint density at radius 3 is 2.44 bits per heavy atom. The van der Waals surface area contributed by atoms with Gasteiger partial charge in [0.15, 0.2) is 5.69 Å². The number of ether oxygens (including phenoxy) is 1. The van der Waals surface area contributed by atoms with Crippen LogP contribution in [0.5, 0.6) is 0 Å². The number of methoxy groups -OCH3 is 1. The SMILES string of the molecule is COC(=O)[C@]1(C(C)=O)[C@H](c2ccccc2)[C@H]1c1onc(C)c1[N+](=O)[O-]. The van der Waals surface area contributed by atoms with Crippen LogP contribution in [0.3, 0.4) is 0 Å². The van der Waals surface area contributed by atoms with Crippen molar-refractivity contribution in [1.29, 1.82) is 0 Å². The molecule has 3 atom stereocenters. The van der Waals surface area contributed by atoms with Gasteiger partial charge in [-0.3, -0.25) is 19.7 Å². The fourth-order valence-electron chi connectivity index (χ4n) is 3.67. The number of aromatic nitrogens is 1. The topological polar surface area (TPSA) is 113 Å². The molecule has 1 aromatic carbocycles. The van der Waals surface area contributed by atoms with Crippen LogP contribution in [-0.4, -0.2) is 28.9 Å². The van der Waals surface area contributed by atoms with E-state index < -0.39 is 33.9 Å². The zero-order chi connectivity index (χ0) is 18.4. The molecule has 0 bridgehead atoms. The van der Waals surface area contributed by atoms with Crippen LogP contribution in [-0.2, 0) is 14.3 Å². The normalized spacial score (nSPS) is 24.6. The van der Waals surface area contributed by atoms with E-state index in [1.54, 1.807) is 30.3 Å². The molecule has 2 aromatic rings. The molecule has 1 saturated carbocycles. The molecular formula is C17H16N2O6. The highest BCUT2D eigenvalue weighted by molar-refractivity contribution is 6.09. The molecule has 0 amide bonds. The van der Waals surface area contributed by atoms with Crippen molar-refractivity contribution in [2.24, 2.45) is 5.41 Å². The molecule has 0 saturated heterocycles. The smallest absolute Gasteiger partial charge is 0.334 e. The van der Waals surface area contributed by atoms with Crippen LogP contribution in [0.2, 0.25) is 0 Å². The molecule has 1 aliphatic carbocycles. The van der Waals surface area contributed by atoms with E-state index in [2.05, 4.69) is 5.16 Å². The van der Waals surface area contributed by atoms with Crippen LogP contribution in [0.15, 0.2) is 34.9 Å². The lowest BCUT2D eigenvalue weighted by atomic mass is 9.94. The second kappa shape index (κ2) is 5.80. The number of aryl methyl sites for hydroxylation is 1. The quantitative estimate of drug-likeness (QED) is 0.354. The molecule has 8 nitrogen and oxygen atoms in total. The van der Waals surface area contributed by atoms with E-state index in [0.717, 1.165) is 0 Å². The number of ketones is 1. The van der Waals surface area contributed by atoms with Crippen LogP contribution in [0.1, 0.15) is 35.8 Å². The third kappa shape index (κ3) is 2.25. The average molecular weight is 344 g/mol. The van der Waals surface area contributed by atoms with Crippen LogP contribution >= 0.6 is 0 Å². The van der Waals surface area contributed by atoms with Crippen molar-refractivity contribution in [1.82, 2.24) is 5.16 Å². The second-order valence-corrected chi connectivity index (χ2v) is 6.02. The summed E-state index contributed by atoms with van der Waals surface area (Å²) in [7, 11) is 1.19. The highest BCUT2D eigenvalue weighted by Gasteiger charge is 2.77. The molecule has 130 valence electrons. The van der Waals surface area contributed by atoms with E-state index >= 15 is 0 Å². The van der Waals surface area contributed by atoms with E-state index in [4.69, 9.17) is 9.26 Å². The fourth-order valence-corrected chi connectivity index (χ4v) is 3.67. The fraction of sp³-hybridized carbons (Fsp3) is 0.353. The minimum Gasteiger partial charge on any atom is -0.468 e. The van der Waals surface area contributed by atoms with Gasteiger partial charge in [0.2, 0.25) is 5.76 Å². The van der Waals surface area contributed by atoms with E-state index in [0.29, 0.717) is 5.56 Å². The molecular weight excluding hydrogens is 328 g/mol. The number of hydrogen-bond acceptors (Lipinski definition) is 7. The molecule has 1 heterocycles. The Morgan fingerprint density at radius 1 is 1.28 bits per heavy atom. The van der Waals surface area contributed by atoms with Crippen LogP contribution in [0.25, 0.3) is 0 Å². The maximum Gasteiger partial charge on any atom is 0.334 e. The first-order valence-electron chi connectivity index (χ1n) is 7.62. The van der Waals surface area contributed by atoms with Crippen molar-refractivity contribution >= 4 is 17.4 Å². The van der Waals surface area contributed by atoms with Gasteiger partial charge in [0, 0.05) is 5.92 Å². The van der Waals surface area contributed by atoms with Crippen molar-refractivity contribution in [2.75, 3.05) is 7.11 Å². The van der Waals surface area contributed by atoms with E-state index in [-0.39, 0.29) is 17.1 Å². The van der Waals surface area contributed by atoms with Gasteiger partial charge >= 0.3 is 11.7 Å². The summed E-state index contributed by atoms with van der Waals surface area (Å²) in [5.41, 5.74) is -1.05. The molecule has 0 radical (unpaired) electrons. The predicted molar refractivity (Wildman–Crippen MR) is 84.9 cm³/mol. The van der Waals surface area contributed by atoms with Gasteiger partial charge in [0.05, 0.1) is 18.0 Å². The van der Waals surface area contributed by atoms with E-state index in [9.17, 15) is 19.7 Å². The molecule has 3 rings (SSSR count). The van der Waals surface area contributed by atoms with Crippen molar-refractivity contribution in [3.63, 3.8) is 0 Å². The minimum atomic E-state index is -1.55. The minimum absolute atomic E-state index is 0.0723. The monoisotopic (exact) mass is 344 g/mol. The largest absolute Gasteiger partial charge is 0.468 e. The molecule has 25 heavy (non-hydrogen) atoms. The Hall–Kier alpha value is -3.03. The lowest BCUT2D eigenvalue weighted by molar-refractivity contribution is -0.386. The first kappa shape index (κ1) is 16.8. The van der Waals surface area contributed by atoms with E-state index in [1.165, 1.54) is 21.0 Å². The zero-order valence-electron chi connectivity index (χ0n) is 13.9. The number of rotatable bonds is 5. The molecule has 1 aliphatic rings. The summed E-state index contributed by atoms with van der Waals surface area (Å²) in [6.07, 6.45) is 0. The molecule has 0 N–H and O–H groups in total. The van der Waals surface area contributed by atoms with Gasteiger partial charge in [0.1, 0.15) is 11.2 Å². The number of nitrogens with zero attached hydrogens (tertiary/aromatic N) is 2. The van der Waals surface area contributed by atoms with Gasteiger partial charge in [-0.1, -0.05) is 35.5 Å².